The first-order chi connectivity index (χ1) is 11.1. The van der Waals surface area contributed by atoms with Crippen LogP contribution >= 0.6 is 0 Å². The zero-order valence-corrected chi connectivity index (χ0v) is 13.6. The first-order valence-corrected chi connectivity index (χ1v) is 9.30. The second-order valence-corrected chi connectivity index (χ2v) is 7.61. The molecule has 6 nitrogen and oxygen atoms in total. The molecule has 0 fully saturated rings. The molecule has 7 heteroatoms. The van der Waals surface area contributed by atoms with Crippen LogP contribution in [0.5, 0.6) is 0 Å². The van der Waals surface area contributed by atoms with Gasteiger partial charge in [-0.2, -0.15) is 4.31 Å². The Bertz CT molecular complexity index is 743. The molecule has 1 aromatic heterocycles. The maximum atomic E-state index is 12.8. The quantitative estimate of drug-likeness (QED) is 0.871. The van der Waals surface area contributed by atoms with Crippen LogP contribution in [0.25, 0.3) is 0 Å². The van der Waals surface area contributed by atoms with E-state index in [-0.39, 0.29) is 24.9 Å². The van der Waals surface area contributed by atoms with Crippen LogP contribution in [0.1, 0.15) is 35.7 Å². The predicted molar refractivity (Wildman–Crippen MR) is 85.0 cm³/mol. The molecule has 124 valence electrons. The fraction of sp³-hybridized carbons (Fsp3) is 0.438. The first-order valence-electron chi connectivity index (χ1n) is 7.69. The molecule has 0 saturated carbocycles. The summed E-state index contributed by atoms with van der Waals surface area (Å²) in [5.41, 5.74) is 2.59. The van der Waals surface area contributed by atoms with Crippen molar-refractivity contribution in [1.82, 2.24) is 9.46 Å². The highest BCUT2D eigenvalue weighted by Gasteiger charge is 2.33. The van der Waals surface area contributed by atoms with Gasteiger partial charge >= 0.3 is 0 Å². The van der Waals surface area contributed by atoms with E-state index in [1.165, 1.54) is 16.1 Å². The number of sulfonamides is 1. The summed E-state index contributed by atoms with van der Waals surface area (Å²) in [6.07, 6.45) is 4.01. The van der Waals surface area contributed by atoms with Gasteiger partial charge in [0, 0.05) is 12.6 Å². The molecule has 23 heavy (non-hydrogen) atoms. The highest BCUT2D eigenvalue weighted by Crippen LogP contribution is 2.36. The monoisotopic (exact) mass is 336 g/mol. The van der Waals surface area contributed by atoms with Crippen LogP contribution in [0, 0.1) is 0 Å². The normalized spacial score (nSPS) is 18.1. The SMILES string of the molecule is O=S(=O)(Cc1ccon1)N(CCO)C1CCCc2ccccc21. The van der Waals surface area contributed by atoms with Gasteiger partial charge in [0.05, 0.1) is 18.3 Å². The van der Waals surface area contributed by atoms with Gasteiger partial charge < -0.3 is 9.63 Å². The smallest absolute Gasteiger partial charge is 0.220 e. The Labute approximate surface area is 135 Å². The number of benzene rings is 1. The Morgan fingerprint density at radius 2 is 2.13 bits per heavy atom. The van der Waals surface area contributed by atoms with Crippen LogP contribution in [-0.2, 0) is 22.2 Å². The molecule has 0 radical (unpaired) electrons. The summed E-state index contributed by atoms with van der Waals surface area (Å²) < 4.78 is 31.8. The van der Waals surface area contributed by atoms with Gasteiger partial charge in [-0.05, 0) is 30.4 Å². The Hall–Kier alpha value is -1.70. The summed E-state index contributed by atoms with van der Waals surface area (Å²) >= 11 is 0. The third-order valence-corrected chi connectivity index (χ3v) is 6.00. The number of aromatic nitrogens is 1. The average Bonchev–Trinajstić information content (AvgIpc) is 3.04. The molecule has 0 bridgehead atoms. The molecule has 0 aliphatic heterocycles. The van der Waals surface area contributed by atoms with Crippen molar-refractivity contribution < 1.29 is 18.0 Å². The van der Waals surface area contributed by atoms with Crippen molar-refractivity contribution in [2.75, 3.05) is 13.2 Å². The fourth-order valence-electron chi connectivity index (χ4n) is 3.20. The summed E-state index contributed by atoms with van der Waals surface area (Å²) in [4.78, 5) is 0. The Balaban J connectivity index is 1.93. The molecule has 1 aromatic carbocycles. The van der Waals surface area contributed by atoms with Crippen LogP contribution in [0.4, 0.5) is 0 Å². The molecule has 0 saturated heterocycles. The summed E-state index contributed by atoms with van der Waals surface area (Å²) in [7, 11) is -3.60. The largest absolute Gasteiger partial charge is 0.395 e. The summed E-state index contributed by atoms with van der Waals surface area (Å²) in [6.45, 7) is -0.129. The molecule has 1 atom stereocenters. The zero-order chi connectivity index (χ0) is 16.3. The van der Waals surface area contributed by atoms with Gasteiger partial charge in [0.15, 0.2) is 0 Å². The van der Waals surface area contributed by atoms with E-state index in [2.05, 4.69) is 5.16 Å². The van der Waals surface area contributed by atoms with Crippen molar-refractivity contribution in [3.63, 3.8) is 0 Å². The average molecular weight is 336 g/mol. The van der Waals surface area contributed by atoms with Gasteiger partial charge in [0.1, 0.15) is 12.0 Å². The first kappa shape index (κ1) is 16.2. The minimum absolute atomic E-state index is 0.0825. The summed E-state index contributed by atoms with van der Waals surface area (Å²) in [5, 5.41) is 13.1. The number of aliphatic hydroxyl groups is 1. The lowest BCUT2D eigenvalue weighted by Gasteiger charge is -2.34. The van der Waals surface area contributed by atoms with E-state index >= 15 is 0 Å². The van der Waals surface area contributed by atoms with Crippen molar-refractivity contribution in [3.05, 3.63) is 53.4 Å². The number of fused-ring (bicyclic) bond motifs is 1. The number of rotatable bonds is 6. The maximum absolute atomic E-state index is 12.8. The van der Waals surface area contributed by atoms with E-state index in [9.17, 15) is 13.5 Å². The van der Waals surface area contributed by atoms with E-state index in [4.69, 9.17) is 4.52 Å². The van der Waals surface area contributed by atoms with Crippen LogP contribution in [0.3, 0.4) is 0 Å². The Kier molecular flexibility index (Phi) is 4.79. The number of nitrogens with zero attached hydrogens (tertiary/aromatic N) is 2. The minimum atomic E-state index is -3.60. The molecule has 3 rings (SSSR count). The molecule has 0 amide bonds. The Morgan fingerprint density at radius 1 is 1.30 bits per heavy atom. The van der Waals surface area contributed by atoms with Crippen molar-refractivity contribution >= 4 is 10.0 Å². The van der Waals surface area contributed by atoms with Gasteiger partial charge in [0.25, 0.3) is 0 Å². The zero-order valence-electron chi connectivity index (χ0n) is 12.8. The van der Waals surface area contributed by atoms with E-state index in [0.29, 0.717) is 5.69 Å². The molecule has 2 aromatic rings. The molecule has 0 spiro atoms. The topological polar surface area (TPSA) is 83.6 Å². The number of hydrogen-bond donors (Lipinski definition) is 1. The second-order valence-electron chi connectivity index (χ2n) is 5.69. The van der Waals surface area contributed by atoms with E-state index in [1.807, 2.05) is 24.3 Å². The molecule has 1 N–H and O–H groups in total. The summed E-state index contributed by atoms with van der Waals surface area (Å²) in [5.74, 6) is -0.220. The maximum Gasteiger partial charge on any atom is 0.220 e. The minimum Gasteiger partial charge on any atom is -0.395 e. The van der Waals surface area contributed by atoms with Crippen LogP contribution < -0.4 is 0 Å². The van der Waals surface area contributed by atoms with Crippen LogP contribution in [0.15, 0.2) is 41.1 Å². The Morgan fingerprint density at radius 3 is 2.87 bits per heavy atom. The van der Waals surface area contributed by atoms with Crippen molar-refractivity contribution in [2.45, 2.75) is 31.1 Å². The molecule has 1 heterocycles. The number of aliphatic hydroxyl groups excluding tert-OH is 1. The highest BCUT2D eigenvalue weighted by atomic mass is 32.2. The lowest BCUT2D eigenvalue weighted by molar-refractivity contribution is 0.215. The lowest BCUT2D eigenvalue weighted by Crippen LogP contribution is -2.39. The highest BCUT2D eigenvalue weighted by molar-refractivity contribution is 7.88. The number of aryl methyl sites for hydroxylation is 1. The molecule has 1 unspecified atom stereocenters. The van der Waals surface area contributed by atoms with Gasteiger partial charge in [-0.15, -0.1) is 0 Å². The third kappa shape index (κ3) is 3.46. The van der Waals surface area contributed by atoms with Crippen LogP contribution in [-0.4, -0.2) is 36.1 Å². The van der Waals surface area contributed by atoms with Crippen molar-refractivity contribution in [1.29, 1.82) is 0 Å². The second kappa shape index (κ2) is 6.82. The van der Waals surface area contributed by atoms with Gasteiger partial charge in [-0.25, -0.2) is 8.42 Å². The van der Waals surface area contributed by atoms with Gasteiger partial charge in [-0.1, -0.05) is 29.4 Å². The predicted octanol–water partition coefficient (Wildman–Crippen LogP) is 1.88. The van der Waals surface area contributed by atoms with Gasteiger partial charge in [-0.3, -0.25) is 0 Å². The molecule has 1 aliphatic carbocycles. The number of hydrogen-bond acceptors (Lipinski definition) is 5. The lowest BCUT2D eigenvalue weighted by atomic mass is 9.88. The van der Waals surface area contributed by atoms with E-state index in [0.717, 1.165) is 24.8 Å². The van der Waals surface area contributed by atoms with E-state index < -0.39 is 10.0 Å². The molecule has 1 aliphatic rings. The fourth-order valence-corrected chi connectivity index (χ4v) is 4.85. The van der Waals surface area contributed by atoms with Crippen molar-refractivity contribution in [3.8, 4) is 0 Å². The van der Waals surface area contributed by atoms with Gasteiger partial charge in [0.2, 0.25) is 10.0 Å². The third-order valence-electron chi connectivity index (χ3n) is 4.18. The molecular formula is C16H20N2O4S. The standard InChI is InChI=1S/C16H20N2O4S/c19-10-9-18(23(20,21)12-14-8-11-22-17-14)16-7-3-5-13-4-1-2-6-15(13)16/h1-2,4,6,8,11,16,19H,3,5,7,9-10,12H2. The molecular weight excluding hydrogens is 316 g/mol. The summed E-state index contributed by atoms with van der Waals surface area (Å²) in [6, 6.07) is 9.24. The van der Waals surface area contributed by atoms with Crippen LogP contribution in [0.2, 0.25) is 0 Å². The van der Waals surface area contributed by atoms with Crippen molar-refractivity contribution in [2.24, 2.45) is 0 Å². The van der Waals surface area contributed by atoms with E-state index in [1.54, 1.807) is 6.07 Å².